The van der Waals surface area contributed by atoms with Crippen molar-refractivity contribution < 1.29 is 23.8 Å². The number of para-hydroxylation sites is 1. The van der Waals surface area contributed by atoms with E-state index in [2.05, 4.69) is 10.5 Å². The number of benzene rings is 3. The summed E-state index contributed by atoms with van der Waals surface area (Å²) in [5, 5.41) is 5.16. The number of halogens is 1. The Morgan fingerprint density at radius 2 is 1.82 bits per heavy atom. The molecule has 164 valence electrons. The predicted octanol–water partition coefficient (Wildman–Crippen LogP) is 5.27. The van der Waals surface area contributed by atoms with Crippen molar-refractivity contribution >= 4 is 51.1 Å². The molecule has 1 N–H and O–H groups in total. The molecule has 0 aliphatic carbocycles. The average molecular weight is 479 g/mol. The maximum absolute atomic E-state index is 12.8. The Balaban J connectivity index is 1.30. The minimum absolute atomic E-state index is 0.126. The highest BCUT2D eigenvalue weighted by Gasteiger charge is 2.20. The second-order valence-corrected chi connectivity index (χ2v) is 8.37. The number of thiophene rings is 1. The van der Waals surface area contributed by atoms with Crippen molar-refractivity contribution in [3.8, 4) is 17.2 Å². The smallest absolute Gasteiger partial charge is 0.355 e. The van der Waals surface area contributed by atoms with E-state index in [0.717, 1.165) is 10.1 Å². The maximum Gasteiger partial charge on any atom is 0.355 e. The minimum atomic E-state index is -0.563. The highest BCUT2D eigenvalue weighted by Crippen LogP contribution is 2.36. The van der Waals surface area contributed by atoms with Crippen molar-refractivity contribution in [2.24, 2.45) is 5.10 Å². The summed E-state index contributed by atoms with van der Waals surface area (Å²) in [6.45, 7) is 0.126. The van der Waals surface area contributed by atoms with E-state index >= 15 is 0 Å². The number of nitrogens with zero attached hydrogens (tertiary/aromatic N) is 1. The zero-order valence-electron chi connectivity index (χ0n) is 16.9. The van der Waals surface area contributed by atoms with Crippen molar-refractivity contribution in [2.75, 3.05) is 6.79 Å². The van der Waals surface area contributed by atoms with E-state index in [-0.39, 0.29) is 12.5 Å². The number of amides is 1. The van der Waals surface area contributed by atoms with Crippen LogP contribution < -0.4 is 19.6 Å². The SMILES string of the molecule is O=C(NN=Cc1ccccc1OC(=O)c1sc2ccccc2c1Cl)c1ccc2c(c1)OCO2. The Labute approximate surface area is 197 Å². The lowest BCUT2D eigenvalue weighted by Gasteiger charge is -2.06. The first-order valence-electron chi connectivity index (χ1n) is 9.81. The molecule has 7 nitrogen and oxygen atoms in total. The van der Waals surface area contributed by atoms with E-state index in [4.69, 9.17) is 25.8 Å². The molecule has 0 fully saturated rings. The number of esters is 1. The number of ether oxygens (including phenoxy) is 3. The van der Waals surface area contributed by atoms with Gasteiger partial charge in [0, 0.05) is 21.2 Å². The van der Waals surface area contributed by atoms with E-state index in [0.29, 0.717) is 32.5 Å². The monoisotopic (exact) mass is 478 g/mol. The molecule has 3 aromatic carbocycles. The standard InChI is InChI=1S/C24H15ClN2O5S/c25-21-16-6-2-4-8-20(16)33-22(21)24(29)32-17-7-3-1-5-15(17)12-26-27-23(28)14-9-10-18-19(11-14)31-13-30-18/h1-12H,13H2,(H,27,28). The van der Waals surface area contributed by atoms with Crippen LogP contribution in [0.4, 0.5) is 0 Å². The molecule has 33 heavy (non-hydrogen) atoms. The Kier molecular flexibility index (Phi) is 5.68. The van der Waals surface area contributed by atoms with E-state index in [1.807, 2.05) is 24.3 Å². The van der Waals surface area contributed by atoms with Crippen LogP contribution in [0, 0.1) is 0 Å². The van der Waals surface area contributed by atoms with Crippen molar-refractivity contribution in [2.45, 2.75) is 0 Å². The minimum Gasteiger partial charge on any atom is -0.454 e. The highest BCUT2D eigenvalue weighted by molar-refractivity contribution is 7.21. The maximum atomic E-state index is 12.8. The first kappa shape index (κ1) is 21.0. The summed E-state index contributed by atoms with van der Waals surface area (Å²) in [5.74, 6) is 0.396. The van der Waals surface area contributed by atoms with Gasteiger partial charge in [0.2, 0.25) is 6.79 Å². The molecule has 4 aromatic rings. The van der Waals surface area contributed by atoms with E-state index in [1.54, 1.807) is 42.5 Å². The van der Waals surface area contributed by atoms with Crippen molar-refractivity contribution in [1.82, 2.24) is 5.43 Å². The first-order valence-corrected chi connectivity index (χ1v) is 11.0. The lowest BCUT2D eigenvalue weighted by molar-refractivity contribution is 0.0739. The van der Waals surface area contributed by atoms with Gasteiger partial charge in [-0.05, 0) is 36.4 Å². The van der Waals surface area contributed by atoms with Crippen LogP contribution in [0.15, 0.2) is 71.8 Å². The van der Waals surface area contributed by atoms with Gasteiger partial charge in [0.05, 0.1) is 11.2 Å². The molecule has 9 heteroatoms. The number of hydrazone groups is 1. The quantitative estimate of drug-likeness (QED) is 0.183. The Hall–Kier alpha value is -3.88. The topological polar surface area (TPSA) is 86.2 Å². The molecule has 5 rings (SSSR count). The molecule has 2 heterocycles. The Morgan fingerprint density at radius 1 is 1.03 bits per heavy atom. The summed E-state index contributed by atoms with van der Waals surface area (Å²) >= 11 is 7.66. The third-order valence-electron chi connectivity index (χ3n) is 4.85. The van der Waals surface area contributed by atoms with Crippen LogP contribution in [-0.2, 0) is 0 Å². The van der Waals surface area contributed by atoms with Gasteiger partial charge in [-0.2, -0.15) is 5.10 Å². The highest BCUT2D eigenvalue weighted by atomic mass is 35.5. The average Bonchev–Trinajstić information content (AvgIpc) is 3.44. The molecular weight excluding hydrogens is 464 g/mol. The molecule has 1 aromatic heterocycles. The summed E-state index contributed by atoms with van der Waals surface area (Å²) in [7, 11) is 0. The van der Waals surface area contributed by atoms with Crippen molar-refractivity contribution in [1.29, 1.82) is 0 Å². The van der Waals surface area contributed by atoms with Crippen LogP contribution in [0.2, 0.25) is 5.02 Å². The van der Waals surface area contributed by atoms with Gasteiger partial charge in [0.15, 0.2) is 11.5 Å². The van der Waals surface area contributed by atoms with Crippen LogP contribution in [0.25, 0.3) is 10.1 Å². The molecule has 0 saturated heterocycles. The molecule has 0 spiro atoms. The summed E-state index contributed by atoms with van der Waals surface area (Å²) in [6, 6.07) is 19.2. The number of carbonyl (C=O) groups is 2. The van der Waals surface area contributed by atoms with E-state index < -0.39 is 11.9 Å². The summed E-state index contributed by atoms with van der Waals surface area (Å²) in [4.78, 5) is 25.5. The predicted molar refractivity (Wildman–Crippen MR) is 126 cm³/mol. The van der Waals surface area contributed by atoms with Gasteiger partial charge in [-0.1, -0.05) is 41.9 Å². The largest absolute Gasteiger partial charge is 0.454 e. The number of hydrogen-bond donors (Lipinski definition) is 1. The molecule has 0 radical (unpaired) electrons. The van der Waals surface area contributed by atoms with Gasteiger partial charge in [0.1, 0.15) is 10.6 Å². The fraction of sp³-hybridized carbons (Fsp3) is 0.0417. The lowest BCUT2D eigenvalue weighted by Crippen LogP contribution is -2.17. The number of hydrogen-bond acceptors (Lipinski definition) is 7. The Morgan fingerprint density at radius 3 is 2.70 bits per heavy atom. The molecular formula is C24H15ClN2O5S. The van der Waals surface area contributed by atoms with Crippen LogP contribution in [-0.4, -0.2) is 24.9 Å². The second kappa shape index (κ2) is 8.93. The summed E-state index contributed by atoms with van der Waals surface area (Å²) in [6.07, 6.45) is 1.40. The normalized spacial score (nSPS) is 12.3. The van der Waals surface area contributed by atoms with Gasteiger partial charge in [-0.15, -0.1) is 11.3 Å². The molecule has 0 saturated carbocycles. The van der Waals surface area contributed by atoms with Gasteiger partial charge in [0.25, 0.3) is 5.91 Å². The second-order valence-electron chi connectivity index (χ2n) is 6.94. The van der Waals surface area contributed by atoms with Crippen molar-refractivity contribution in [3.63, 3.8) is 0 Å². The molecule has 0 atom stereocenters. The summed E-state index contributed by atoms with van der Waals surface area (Å²) in [5.41, 5.74) is 3.33. The fourth-order valence-corrected chi connectivity index (χ4v) is 4.62. The molecule has 0 bridgehead atoms. The number of carbonyl (C=O) groups excluding carboxylic acids is 2. The fourth-order valence-electron chi connectivity index (χ4n) is 3.23. The molecule has 1 aliphatic rings. The molecule has 1 aliphatic heterocycles. The van der Waals surface area contributed by atoms with Crippen LogP contribution in [0.1, 0.15) is 25.6 Å². The van der Waals surface area contributed by atoms with E-state index in [9.17, 15) is 9.59 Å². The zero-order valence-corrected chi connectivity index (χ0v) is 18.5. The third-order valence-corrected chi connectivity index (χ3v) is 6.50. The van der Waals surface area contributed by atoms with Gasteiger partial charge in [-0.3, -0.25) is 4.79 Å². The van der Waals surface area contributed by atoms with Crippen LogP contribution in [0.3, 0.4) is 0 Å². The number of nitrogens with one attached hydrogen (secondary N) is 1. The zero-order chi connectivity index (χ0) is 22.8. The Bertz CT molecular complexity index is 1420. The summed E-state index contributed by atoms with van der Waals surface area (Å²) < 4.78 is 17.0. The van der Waals surface area contributed by atoms with Crippen molar-refractivity contribution in [3.05, 3.63) is 87.8 Å². The molecule has 1 amide bonds. The lowest BCUT2D eigenvalue weighted by atomic mass is 10.2. The van der Waals surface area contributed by atoms with Crippen LogP contribution in [0.5, 0.6) is 17.2 Å². The number of rotatable bonds is 5. The van der Waals surface area contributed by atoms with Gasteiger partial charge in [-0.25, -0.2) is 10.2 Å². The molecule has 0 unspecified atom stereocenters. The van der Waals surface area contributed by atoms with E-state index in [1.165, 1.54) is 17.6 Å². The van der Waals surface area contributed by atoms with Crippen LogP contribution >= 0.6 is 22.9 Å². The van der Waals surface area contributed by atoms with Gasteiger partial charge < -0.3 is 14.2 Å². The number of fused-ring (bicyclic) bond motifs is 2. The first-order chi connectivity index (χ1) is 16.1. The third kappa shape index (κ3) is 4.26. The van der Waals surface area contributed by atoms with Gasteiger partial charge >= 0.3 is 5.97 Å².